The Morgan fingerprint density at radius 1 is 1.29 bits per heavy atom. The molecule has 0 saturated heterocycles. The summed E-state index contributed by atoms with van der Waals surface area (Å²) < 4.78 is 4.65. The molecule has 1 aromatic rings. The van der Waals surface area contributed by atoms with E-state index < -0.39 is 0 Å². The molecule has 1 aromatic carbocycles. The van der Waals surface area contributed by atoms with Crippen LogP contribution in [0.3, 0.4) is 0 Å². The molecule has 0 radical (unpaired) electrons. The van der Waals surface area contributed by atoms with Crippen molar-refractivity contribution in [2.45, 2.75) is 39.7 Å². The predicted molar refractivity (Wildman–Crippen MR) is 94.3 cm³/mol. The zero-order chi connectivity index (χ0) is 17.7. The summed E-state index contributed by atoms with van der Waals surface area (Å²) >= 11 is 0. The number of carbonyl (C=O) groups excluding carboxylic acids is 2. The number of hydrogen-bond acceptors (Lipinski definition) is 5. The zero-order valence-corrected chi connectivity index (χ0v) is 14.8. The third kappa shape index (κ3) is 4.34. The molecule has 2 rings (SSSR count). The highest BCUT2D eigenvalue weighted by Crippen LogP contribution is 2.21. The monoisotopic (exact) mass is 331 g/mol. The van der Waals surface area contributed by atoms with Gasteiger partial charge in [-0.15, -0.1) is 0 Å². The van der Waals surface area contributed by atoms with Crippen LogP contribution in [-0.2, 0) is 9.53 Å². The van der Waals surface area contributed by atoms with Crippen molar-refractivity contribution in [3.63, 3.8) is 0 Å². The van der Waals surface area contributed by atoms with E-state index in [2.05, 4.69) is 9.84 Å². The van der Waals surface area contributed by atoms with Crippen LogP contribution in [-0.4, -0.2) is 48.7 Å². The fourth-order valence-corrected chi connectivity index (χ4v) is 2.61. The van der Waals surface area contributed by atoms with E-state index >= 15 is 0 Å². The summed E-state index contributed by atoms with van der Waals surface area (Å²) in [5.41, 5.74) is 2.70. The first-order chi connectivity index (χ1) is 11.4. The maximum absolute atomic E-state index is 12.7. The summed E-state index contributed by atoms with van der Waals surface area (Å²) in [5.74, 6) is -0.396. The Hall–Kier alpha value is -2.37. The second-order valence-corrected chi connectivity index (χ2v) is 6.17. The fraction of sp³-hybridized carbons (Fsp3) is 0.500. The van der Waals surface area contributed by atoms with E-state index in [9.17, 15) is 9.59 Å². The number of anilines is 1. The number of rotatable bonds is 6. The Labute approximate surface area is 143 Å². The lowest BCUT2D eigenvalue weighted by molar-refractivity contribution is -0.140. The van der Waals surface area contributed by atoms with Crippen molar-refractivity contribution in [2.75, 3.05) is 25.2 Å². The minimum Gasteiger partial charge on any atom is -0.469 e. The highest BCUT2D eigenvalue weighted by Gasteiger charge is 2.20. The number of carbonyl (C=O) groups is 2. The van der Waals surface area contributed by atoms with Crippen LogP contribution in [0.15, 0.2) is 29.4 Å². The lowest BCUT2D eigenvalue weighted by Crippen LogP contribution is -2.38. The quantitative estimate of drug-likeness (QED) is 0.752. The molecule has 1 aliphatic heterocycles. The largest absolute Gasteiger partial charge is 0.469 e. The molecule has 0 saturated carbocycles. The van der Waals surface area contributed by atoms with Gasteiger partial charge in [-0.3, -0.25) is 14.6 Å². The molecule has 0 bridgehead atoms. The van der Waals surface area contributed by atoms with Gasteiger partial charge in [-0.1, -0.05) is 0 Å². The van der Waals surface area contributed by atoms with Crippen molar-refractivity contribution in [3.05, 3.63) is 29.8 Å². The van der Waals surface area contributed by atoms with E-state index in [0.717, 1.165) is 24.4 Å². The molecular formula is C18H25N3O3. The molecule has 0 aromatic heterocycles. The molecule has 0 spiro atoms. The molecule has 0 aliphatic carbocycles. The SMILES string of the molecule is COC(=O)CCN(C(=O)c1ccc(N2CCC(C)=N2)cc1)C(C)C. The normalized spacial score (nSPS) is 13.9. The number of benzene rings is 1. The van der Waals surface area contributed by atoms with E-state index in [1.165, 1.54) is 7.11 Å². The molecule has 6 nitrogen and oxygen atoms in total. The van der Waals surface area contributed by atoms with Crippen LogP contribution in [0, 0.1) is 0 Å². The highest BCUT2D eigenvalue weighted by atomic mass is 16.5. The number of hydrazone groups is 1. The van der Waals surface area contributed by atoms with Crippen molar-refractivity contribution in [1.82, 2.24) is 4.90 Å². The molecule has 24 heavy (non-hydrogen) atoms. The summed E-state index contributed by atoms with van der Waals surface area (Å²) in [7, 11) is 1.35. The van der Waals surface area contributed by atoms with Gasteiger partial charge >= 0.3 is 5.97 Å². The van der Waals surface area contributed by atoms with Crippen LogP contribution < -0.4 is 5.01 Å². The van der Waals surface area contributed by atoms with E-state index in [1.807, 2.05) is 50.0 Å². The van der Waals surface area contributed by atoms with Gasteiger partial charge in [0.1, 0.15) is 0 Å². The van der Waals surface area contributed by atoms with E-state index in [0.29, 0.717) is 12.1 Å². The predicted octanol–water partition coefficient (Wildman–Crippen LogP) is 2.69. The van der Waals surface area contributed by atoms with Crippen molar-refractivity contribution in [3.8, 4) is 0 Å². The lowest BCUT2D eigenvalue weighted by atomic mass is 10.1. The third-order valence-electron chi connectivity index (χ3n) is 4.06. The van der Waals surface area contributed by atoms with E-state index in [1.54, 1.807) is 4.90 Å². The molecule has 130 valence electrons. The maximum Gasteiger partial charge on any atom is 0.307 e. The van der Waals surface area contributed by atoms with Crippen molar-refractivity contribution >= 4 is 23.3 Å². The fourth-order valence-electron chi connectivity index (χ4n) is 2.61. The van der Waals surface area contributed by atoms with Crippen molar-refractivity contribution < 1.29 is 14.3 Å². The van der Waals surface area contributed by atoms with Crippen molar-refractivity contribution in [1.29, 1.82) is 0 Å². The van der Waals surface area contributed by atoms with Gasteiger partial charge in [0.05, 0.1) is 19.2 Å². The number of esters is 1. The van der Waals surface area contributed by atoms with Gasteiger partial charge in [-0.2, -0.15) is 5.10 Å². The highest BCUT2D eigenvalue weighted by molar-refractivity contribution is 5.95. The first-order valence-corrected chi connectivity index (χ1v) is 8.22. The second kappa shape index (κ2) is 7.95. The standard InChI is InChI=1S/C18H25N3O3/c1-13(2)20(11-10-17(22)24-4)18(23)15-5-7-16(8-6-15)21-12-9-14(3)19-21/h5-8,13H,9-12H2,1-4H3. The zero-order valence-electron chi connectivity index (χ0n) is 14.8. The third-order valence-corrected chi connectivity index (χ3v) is 4.06. The van der Waals surface area contributed by atoms with Crippen LogP contribution >= 0.6 is 0 Å². The molecule has 1 amide bonds. The summed E-state index contributed by atoms with van der Waals surface area (Å²) in [6.07, 6.45) is 1.16. The van der Waals surface area contributed by atoms with Gasteiger partial charge in [0.15, 0.2) is 0 Å². The number of ether oxygens (including phenoxy) is 1. The molecule has 0 atom stereocenters. The van der Waals surface area contributed by atoms with Gasteiger partial charge in [0.25, 0.3) is 5.91 Å². The Bertz CT molecular complexity index is 623. The molecule has 6 heteroatoms. The van der Waals surface area contributed by atoms with Crippen LogP contribution in [0.2, 0.25) is 0 Å². The average Bonchev–Trinajstić information content (AvgIpc) is 3.01. The Balaban J connectivity index is 2.07. The van der Waals surface area contributed by atoms with Crippen LogP contribution in [0.1, 0.15) is 44.0 Å². The first kappa shape index (κ1) is 18.0. The number of methoxy groups -OCH3 is 1. The number of hydrogen-bond donors (Lipinski definition) is 0. The Morgan fingerprint density at radius 3 is 2.46 bits per heavy atom. The van der Waals surface area contributed by atoms with Crippen LogP contribution in [0.25, 0.3) is 0 Å². The van der Waals surface area contributed by atoms with Crippen LogP contribution in [0.5, 0.6) is 0 Å². The molecule has 0 fully saturated rings. The Kier molecular flexibility index (Phi) is 5.95. The maximum atomic E-state index is 12.7. The average molecular weight is 331 g/mol. The van der Waals surface area contributed by atoms with Gasteiger partial charge in [0, 0.05) is 36.8 Å². The van der Waals surface area contributed by atoms with Gasteiger partial charge < -0.3 is 9.64 Å². The molecule has 0 unspecified atom stereocenters. The summed E-state index contributed by atoms with van der Waals surface area (Å²) in [6.45, 7) is 7.10. The topological polar surface area (TPSA) is 62.2 Å². The van der Waals surface area contributed by atoms with Crippen molar-refractivity contribution in [2.24, 2.45) is 5.10 Å². The van der Waals surface area contributed by atoms with E-state index in [4.69, 9.17) is 0 Å². The minimum atomic E-state index is -0.314. The lowest BCUT2D eigenvalue weighted by Gasteiger charge is -2.26. The molecular weight excluding hydrogens is 306 g/mol. The van der Waals surface area contributed by atoms with Gasteiger partial charge in [0.2, 0.25) is 0 Å². The van der Waals surface area contributed by atoms with Gasteiger partial charge in [-0.25, -0.2) is 0 Å². The van der Waals surface area contributed by atoms with Crippen LogP contribution in [0.4, 0.5) is 5.69 Å². The smallest absolute Gasteiger partial charge is 0.307 e. The first-order valence-electron chi connectivity index (χ1n) is 8.22. The summed E-state index contributed by atoms with van der Waals surface area (Å²) in [6, 6.07) is 7.46. The Morgan fingerprint density at radius 2 is 1.96 bits per heavy atom. The van der Waals surface area contributed by atoms with E-state index in [-0.39, 0.29) is 24.3 Å². The summed E-state index contributed by atoms with van der Waals surface area (Å²) in [5, 5.41) is 6.40. The minimum absolute atomic E-state index is 0.00710. The molecule has 1 aliphatic rings. The molecule has 1 heterocycles. The second-order valence-electron chi connectivity index (χ2n) is 6.17. The van der Waals surface area contributed by atoms with Gasteiger partial charge in [-0.05, 0) is 45.0 Å². The number of amides is 1. The summed E-state index contributed by atoms with van der Waals surface area (Å²) in [4.78, 5) is 25.7. The number of nitrogens with zero attached hydrogens (tertiary/aromatic N) is 3. The molecule has 0 N–H and O–H groups in total.